The molecule has 7 heteroatoms. The average Bonchev–Trinajstić information content (AvgIpc) is 3.18. The SMILES string of the molecule is O=C(Nc1cc(S(=O)(=O)N2CCCC2)ccc1O)C12CC3CC(CC(C3)C1)C2. The molecule has 152 valence electrons. The Kier molecular flexibility index (Phi) is 4.25. The molecular weight excluding hydrogens is 376 g/mol. The van der Waals surface area contributed by atoms with Crippen molar-refractivity contribution in [1.29, 1.82) is 0 Å². The number of hydrogen-bond acceptors (Lipinski definition) is 4. The zero-order chi connectivity index (χ0) is 19.5. The van der Waals surface area contributed by atoms with E-state index >= 15 is 0 Å². The number of nitrogens with zero attached hydrogens (tertiary/aromatic N) is 1. The van der Waals surface area contributed by atoms with Gasteiger partial charge in [-0.15, -0.1) is 0 Å². The lowest BCUT2D eigenvalue weighted by Crippen LogP contribution is -2.51. The molecule has 1 heterocycles. The molecule has 6 rings (SSSR count). The number of anilines is 1. The fraction of sp³-hybridized carbons (Fsp3) is 0.667. The van der Waals surface area contributed by atoms with E-state index in [0.29, 0.717) is 30.8 Å². The monoisotopic (exact) mass is 404 g/mol. The van der Waals surface area contributed by atoms with Gasteiger partial charge in [0.15, 0.2) is 0 Å². The van der Waals surface area contributed by atoms with Crippen LogP contribution >= 0.6 is 0 Å². The number of amides is 1. The summed E-state index contributed by atoms with van der Waals surface area (Å²) in [5.74, 6) is 1.81. The fourth-order valence-electron chi connectivity index (χ4n) is 6.50. The second-order valence-corrected chi connectivity index (χ2v) is 11.4. The van der Waals surface area contributed by atoms with Crippen molar-refractivity contribution in [2.24, 2.45) is 23.2 Å². The average molecular weight is 405 g/mol. The Labute approximate surface area is 166 Å². The second-order valence-electron chi connectivity index (χ2n) is 9.44. The Bertz CT molecular complexity index is 870. The van der Waals surface area contributed by atoms with E-state index in [1.807, 2.05) is 0 Å². The largest absolute Gasteiger partial charge is 0.506 e. The summed E-state index contributed by atoms with van der Waals surface area (Å²) in [4.78, 5) is 13.4. The first-order valence-corrected chi connectivity index (χ1v) is 11.9. The van der Waals surface area contributed by atoms with Gasteiger partial charge in [0.05, 0.1) is 16.0 Å². The molecule has 4 aliphatic carbocycles. The van der Waals surface area contributed by atoms with Crippen LogP contribution < -0.4 is 5.32 Å². The number of carbonyl (C=O) groups is 1. The highest BCUT2D eigenvalue weighted by molar-refractivity contribution is 7.89. The number of nitrogens with one attached hydrogen (secondary N) is 1. The van der Waals surface area contributed by atoms with Crippen molar-refractivity contribution in [2.45, 2.75) is 56.3 Å². The van der Waals surface area contributed by atoms with Crippen molar-refractivity contribution in [3.63, 3.8) is 0 Å². The van der Waals surface area contributed by atoms with Crippen molar-refractivity contribution < 1.29 is 18.3 Å². The van der Waals surface area contributed by atoms with E-state index in [0.717, 1.165) is 32.1 Å². The number of phenols is 1. The Morgan fingerprint density at radius 3 is 2.18 bits per heavy atom. The van der Waals surface area contributed by atoms with Crippen molar-refractivity contribution in [2.75, 3.05) is 18.4 Å². The minimum Gasteiger partial charge on any atom is -0.506 e. The van der Waals surface area contributed by atoms with Gasteiger partial charge in [-0.1, -0.05) is 0 Å². The first-order valence-electron chi connectivity index (χ1n) is 10.5. The van der Waals surface area contributed by atoms with Crippen molar-refractivity contribution >= 4 is 21.6 Å². The van der Waals surface area contributed by atoms with E-state index in [1.165, 1.54) is 41.8 Å². The highest BCUT2D eigenvalue weighted by atomic mass is 32.2. The predicted octanol–water partition coefficient (Wildman–Crippen LogP) is 3.33. The summed E-state index contributed by atoms with van der Waals surface area (Å²) in [6.45, 7) is 1.05. The number of rotatable bonds is 4. The molecule has 6 nitrogen and oxygen atoms in total. The molecule has 0 unspecified atom stereocenters. The summed E-state index contributed by atoms with van der Waals surface area (Å²) in [5.41, 5.74) is -0.133. The molecule has 4 bridgehead atoms. The lowest BCUT2D eigenvalue weighted by Gasteiger charge is -2.55. The predicted molar refractivity (Wildman–Crippen MR) is 105 cm³/mol. The maximum Gasteiger partial charge on any atom is 0.243 e. The van der Waals surface area contributed by atoms with Gasteiger partial charge in [0.1, 0.15) is 5.75 Å². The zero-order valence-electron chi connectivity index (χ0n) is 16.1. The van der Waals surface area contributed by atoms with Gasteiger partial charge in [-0.05, 0) is 87.3 Å². The lowest BCUT2D eigenvalue weighted by atomic mass is 9.49. The van der Waals surface area contributed by atoms with Crippen LogP contribution in [0.4, 0.5) is 5.69 Å². The number of benzene rings is 1. The van der Waals surface area contributed by atoms with Gasteiger partial charge in [0.2, 0.25) is 15.9 Å². The molecule has 0 atom stereocenters. The number of hydrogen-bond donors (Lipinski definition) is 2. The number of aromatic hydroxyl groups is 1. The summed E-state index contributed by atoms with van der Waals surface area (Å²) in [6.07, 6.45) is 8.27. The molecule has 0 aromatic heterocycles. The Morgan fingerprint density at radius 2 is 1.61 bits per heavy atom. The Hall–Kier alpha value is -1.60. The van der Waals surface area contributed by atoms with Crippen LogP contribution in [0.25, 0.3) is 0 Å². The molecule has 0 spiro atoms. The zero-order valence-corrected chi connectivity index (χ0v) is 16.9. The maximum absolute atomic E-state index is 13.3. The summed E-state index contributed by atoms with van der Waals surface area (Å²) in [7, 11) is -3.59. The van der Waals surface area contributed by atoms with E-state index in [9.17, 15) is 18.3 Å². The minimum absolute atomic E-state index is 0.0439. The van der Waals surface area contributed by atoms with Crippen LogP contribution in [-0.2, 0) is 14.8 Å². The molecule has 1 amide bonds. The van der Waals surface area contributed by atoms with Crippen molar-refractivity contribution in [3.8, 4) is 5.75 Å². The van der Waals surface area contributed by atoms with Gasteiger partial charge in [-0.25, -0.2) is 8.42 Å². The van der Waals surface area contributed by atoms with Crippen LogP contribution in [-0.4, -0.2) is 36.8 Å². The highest BCUT2D eigenvalue weighted by Gasteiger charge is 2.54. The van der Waals surface area contributed by atoms with E-state index in [-0.39, 0.29) is 27.7 Å². The molecule has 1 saturated heterocycles. The van der Waals surface area contributed by atoms with Gasteiger partial charge in [-0.2, -0.15) is 4.31 Å². The van der Waals surface area contributed by atoms with E-state index in [2.05, 4.69) is 5.32 Å². The van der Waals surface area contributed by atoms with Crippen LogP contribution in [0.3, 0.4) is 0 Å². The number of sulfonamides is 1. The second kappa shape index (κ2) is 6.46. The van der Waals surface area contributed by atoms with Crippen LogP contribution in [0.1, 0.15) is 51.4 Å². The molecule has 1 aromatic carbocycles. The van der Waals surface area contributed by atoms with Gasteiger partial charge in [0.25, 0.3) is 0 Å². The fourth-order valence-corrected chi connectivity index (χ4v) is 8.04. The van der Waals surface area contributed by atoms with Crippen LogP contribution in [0.5, 0.6) is 5.75 Å². The molecule has 1 aliphatic heterocycles. The third-order valence-electron chi connectivity index (χ3n) is 7.44. The molecule has 28 heavy (non-hydrogen) atoms. The molecule has 0 radical (unpaired) electrons. The third-order valence-corrected chi connectivity index (χ3v) is 9.33. The molecular formula is C21H28N2O4S. The van der Waals surface area contributed by atoms with E-state index < -0.39 is 10.0 Å². The summed E-state index contributed by atoms with van der Waals surface area (Å²) < 4.78 is 27.2. The third kappa shape index (κ3) is 2.94. The topological polar surface area (TPSA) is 86.7 Å². The van der Waals surface area contributed by atoms with Crippen LogP contribution in [0.2, 0.25) is 0 Å². The van der Waals surface area contributed by atoms with E-state index in [4.69, 9.17) is 0 Å². The van der Waals surface area contributed by atoms with Crippen molar-refractivity contribution in [3.05, 3.63) is 18.2 Å². The Balaban J connectivity index is 1.40. The highest BCUT2D eigenvalue weighted by Crippen LogP contribution is 2.60. The molecule has 5 aliphatic rings. The normalized spacial score (nSPS) is 34.6. The van der Waals surface area contributed by atoms with Gasteiger partial charge in [-0.3, -0.25) is 4.79 Å². The maximum atomic E-state index is 13.3. The smallest absolute Gasteiger partial charge is 0.243 e. The van der Waals surface area contributed by atoms with Gasteiger partial charge < -0.3 is 10.4 Å². The van der Waals surface area contributed by atoms with Gasteiger partial charge >= 0.3 is 0 Å². The standard InChI is InChI=1S/C21H28N2O4S/c24-19-4-3-17(28(26,27)23-5-1-2-6-23)10-18(19)22-20(25)21-11-14-7-15(12-21)9-16(8-14)13-21/h3-4,10,14-16,24H,1-2,5-9,11-13H2,(H,22,25). The van der Waals surface area contributed by atoms with Crippen LogP contribution in [0, 0.1) is 23.2 Å². The molecule has 1 aromatic rings. The number of carbonyl (C=O) groups excluding carboxylic acids is 1. The number of phenolic OH excluding ortho intramolecular Hbond substituents is 1. The first kappa shape index (κ1) is 18.4. The summed E-state index contributed by atoms with van der Waals surface area (Å²) in [5, 5.41) is 13.2. The minimum atomic E-state index is -3.59. The van der Waals surface area contributed by atoms with Gasteiger partial charge in [0, 0.05) is 13.1 Å². The first-order chi connectivity index (χ1) is 13.4. The van der Waals surface area contributed by atoms with Crippen LogP contribution in [0.15, 0.2) is 23.1 Å². The Morgan fingerprint density at radius 1 is 1.04 bits per heavy atom. The summed E-state index contributed by atoms with van der Waals surface area (Å²) >= 11 is 0. The van der Waals surface area contributed by atoms with E-state index in [1.54, 1.807) is 0 Å². The summed E-state index contributed by atoms with van der Waals surface area (Å²) in [6, 6.07) is 4.21. The lowest BCUT2D eigenvalue weighted by molar-refractivity contribution is -0.140. The van der Waals surface area contributed by atoms with Crippen molar-refractivity contribution in [1.82, 2.24) is 4.31 Å². The molecule has 5 fully saturated rings. The molecule has 4 saturated carbocycles. The molecule has 2 N–H and O–H groups in total. The quantitative estimate of drug-likeness (QED) is 0.754.